The minimum Gasteiger partial charge on any atom is -0.373 e. The molecular formula is C22H25N3O4S. The first-order valence-electron chi connectivity index (χ1n) is 9.57. The molecule has 0 heterocycles. The summed E-state index contributed by atoms with van der Waals surface area (Å²) in [6, 6.07) is 15.7. The van der Waals surface area contributed by atoms with E-state index in [0.29, 0.717) is 5.69 Å². The summed E-state index contributed by atoms with van der Waals surface area (Å²) in [6.45, 7) is 4.05. The number of nitrogens with zero attached hydrogens (tertiary/aromatic N) is 1. The molecule has 3 aromatic rings. The van der Waals surface area contributed by atoms with Crippen LogP contribution in [-0.2, 0) is 10.0 Å². The lowest BCUT2D eigenvalue weighted by atomic mass is 9.95. The van der Waals surface area contributed by atoms with Gasteiger partial charge in [-0.1, -0.05) is 50.2 Å². The van der Waals surface area contributed by atoms with Gasteiger partial charge >= 0.3 is 0 Å². The topological polar surface area (TPSA) is 95.6 Å². The summed E-state index contributed by atoms with van der Waals surface area (Å²) < 4.78 is 25.8. The zero-order valence-corrected chi connectivity index (χ0v) is 18.2. The molecule has 1 unspecified atom stereocenters. The molecule has 7 nitrogen and oxygen atoms in total. The smallest absolute Gasteiger partial charge is 0.253 e. The van der Waals surface area contributed by atoms with Gasteiger partial charge < -0.3 is 10.6 Å². The number of sulfonamides is 1. The molecule has 0 fully saturated rings. The van der Waals surface area contributed by atoms with E-state index in [-0.39, 0.29) is 28.2 Å². The molecule has 0 saturated heterocycles. The van der Waals surface area contributed by atoms with Crippen LogP contribution in [0.3, 0.4) is 0 Å². The summed E-state index contributed by atoms with van der Waals surface area (Å²) in [5.74, 6) is 0.165. The number of benzene rings is 2. The van der Waals surface area contributed by atoms with E-state index in [0.717, 1.165) is 9.87 Å². The minimum absolute atomic E-state index is 0.0926. The largest absolute Gasteiger partial charge is 0.373 e. The fourth-order valence-electron chi connectivity index (χ4n) is 3.19. The second-order valence-electron chi connectivity index (χ2n) is 7.63. The van der Waals surface area contributed by atoms with Gasteiger partial charge in [-0.2, -0.15) is 0 Å². The molecule has 0 bridgehead atoms. The molecule has 0 spiro atoms. The van der Waals surface area contributed by atoms with E-state index in [1.807, 2.05) is 44.2 Å². The summed E-state index contributed by atoms with van der Waals surface area (Å²) in [5, 5.41) is 6.12. The van der Waals surface area contributed by atoms with Crippen LogP contribution in [0, 0.1) is 5.92 Å². The maximum atomic E-state index is 12.4. The van der Waals surface area contributed by atoms with Crippen molar-refractivity contribution in [3.05, 3.63) is 80.6 Å². The average molecular weight is 428 g/mol. The molecule has 0 aliphatic rings. The van der Waals surface area contributed by atoms with Crippen LogP contribution in [-0.4, -0.2) is 26.8 Å². The fourth-order valence-corrected chi connectivity index (χ4v) is 4.14. The van der Waals surface area contributed by atoms with Crippen molar-refractivity contribution < 1.29 is 8.42 Å². The molecule has 0 aliphatic carbocycles. The third-order valence-electron chi connectivity index (χ3n) is 4.92. The van der Waals surface area contributed by atoms with Gasteiger partial charge in [0.1, 0.15) is 11.4 Å². The first-order chi connectivity index (χ1) is 14.1. The first-order valence-corrected chi connectivity index (χ1v) is 11.0. The quantitative estimate of drug-likeness (QED) is 0.537. The number of hydrogen-bond donors (Lipinski definition) is 2. The van der Waals surface area contributed by atoms with Crippen LogP contribution in [0.2, 0.25) is 0 Å². The van der Waals surface area contributed by atoms with Gasteiger partial charge in [-0.3, -0.25) is 9.59 Å². The summed E-state index contributed by atoms with van der Waals surface area (Å²) in [7, 11) is -0.722. The number of nitrogens with one attached hydrogen (secondary N) is 2. The fraction of sp³-hybridized carbons (Fsp3) is 0.273. The van der Waals surface area contributed by atoms with Crippen molar-refractivity contribution in [2.75, 3.05) is 24.7 Å². The van der Waals surface area contributed by atoms with E-state index in [2.05, 4.69) is 10.6 Å². The second-order valence-corrected chi connectivity index (χ2v) is 9.78. The van der Waals surface area contributed by atoms with Crippen molar-refractivity contribution in [3.63, 3.8) is 0 Å². The Balaban J connectivity index is 1.91. The van der Waals surface area contributed by atoms with Gasteiger partial charge in [-0.15, -0.1) is 0 Å². The van der Waals surface area contributed by atoms with E-state index >= 15 is 0 Å². The third-order valence-corrected chi connectivity index (χ3v) is 6.73. The molecule has 0 radical (unpaired) electrons. The van der Waals surface area contributed by atoms with Gasteiger partial charge in [0.25, 0.3) is 10.9 Å². The van der Waals surface area contributed by atoms with Gasteiger partial charge in [0.2, 0.25) is 10.0 Å². The summed E-state index contributed by atoms with van der Waals surface area (Å²) in [5.41, 5.74) is 0.550. The Hall–Kier alpha value is -2.97. The zero-order valence-electron chi connectivity index (χ0n) is 17.3. The monoisotopic (exact) mass is 427 g/mol. The molecule has 0 saturated carbocycles. The molecule has 158 valence electrons. The van der Waals surface area contributed by atoms with E-state index in [1.54, 1.807) is 12.1 Å². The molecule has 0 aliphatic heterocycles. The Kier molecular flexibility index (Phi) is 6.09. The van der Waals surface area contributed by atoms with Gasteiger partial charge in [0.05, 0.1) is 10.9 Å². The van der Waals surface area contributed by atoms with Gasteiger partial charge in [-0.05, 0) is 29.7 Å². The highest BCUT2D eigenvalue weighted by Gasteiger charge is 2.26. The van der Waals surface area contributed by atoms with Crippen molar-refractivity contribution in [2.45, 2.75) is 24.8 Å². The highest BCUT2D eigenvalue weighted by Crippen LogP contribution is 2.30. The van der Waals surface area contributed by atoms with Crippen LogP contribution in [0.1, 0.15) is 25.5 Å². The Morgan fingerprint density at radius 2 is 1.50 bits per heavy atom. The molecule has 8 heteroatoms. The van der Waals surface area contributed by atoms with Crippen LogP contribution in [0.5, 0.6) is 0 Å². The Bertz CT molecular complexity index is 1210. The lowest BCUT2D eigenvalue weighted by molar-refractivity contribution is 0.521. The van der Waals surface area contributed by atoms with Crippen LogP contribution in [0.25, 0.3) is 0 Å². The molecule has 3 rings (SSSR count). The second kappa shape index (κ2) is 8.41. The molecule has 1 atom stereocenters. The van der Waals surface area contributed by atoms with E-state index in [9.17, 15) is 18.0 Å². The Labute approximate surface area is 176 Å². The lowest BCUT2D eigenvalue weighted by Gasteiger charge is -2.26. The number of rotatable bonds is 8. The van der Waals surface area contributed by atoms with Gasteiger partial charge in [-0.25, -0.2) is 12.7 Å². The third kappa shape index (κ3) is 4.15. The van der Waals surface area contributed by atoms with Crippen molar-refractivity contribution in [1.82, 2.24) is 4.31 Å². The van der Waals surface area contributed by atoms with Crippen LogP contribution >= 0.6 is 0 Å². The Morgan fingerprint density at radius 3 is 2.10 bits per heavy atom. The molecule has 2 N–H and O–H groups in total. The molecule has 3 aromatic carbocycles. The Morgan fingerprint density at radius 1 is 0.867 bits per heavy atom. The highest BCUT2D eigenvalue weighted by molar-refractivity contribution is 7.89. The van der Waals surface area contributed by atoms with E-state index in [4.69, 9.17) is 0 Å². The maximum Gasteiger partial charge on any atom is 0.253 e. The predicted molar refractivity (Wildman–Crippen MR) is 120 cm³/mol. The van der Waals surface area contributed by atoms with E-state index < -0.39 is 20.9 Å². The summed E-state index contributed by atoms with van der Waals surface area (Å²) in [4.78, 5) is 24.6. The van der Waals surface area contributed by atoms with Crippen molar-refractivity contribution >= 4 is 27.1 Å². The van der Waals surface area contributed by atoms with Crippen LogP contribution in [0.4, 0.5) is 17.1 Å². The van der Waals surface area contributed by atoms with Gasteiger partial charge in [0.15, 0.2) is 0 Å². The standard InChI is InChI=1S/C22H25N3O4S/c1-14(2)18(15-9-6-5-7-10-15)24-20-19(21(26)22(20)27)23-16-11-8-12-17(13-16)30(28,29)25(3)4/h5-14,18,23-24H,1-4H3. The van der Waals surface area contributed by atoms with Crippen molar-refractivity contribution in [1.29, 1.82) is 0 Å². The highest BCUT2D eigenvalue weighted by atomic mass is 32.2. The van der Waals surface area contributed by atoms with Crippen molar-refractivity contribution in [2.24, 2.45) is 5.92 Å². The average Bonchev–Trinajstić information content (AvgIpc) is 2.73. The van der Waals surface area contributed by atoms with E-state index in [1.165, 1.54) is 26.2 Å². The maximum absolute atomic E-state index is 12.4. The number of anilines is 3. The van der Waals surface area contributed by atoms with Gasteiger partial charge in [0, 0.05) is 19.8 Å². The predicted octanol–water partition coefficient (Wildman–Crippen LogP) is 3.09. The number of hydrogen-bond acceptors (Lipinski definition) is 6. The summed E-state index contributed by atoms with van der Waals surface area (Å²) in [6.07, 6.45) is 0. The molecule has 30 heavy (non-hydrogen) atoms. The van der Waals surface area contributed by atoms with Crippen LogP contribution in [0.15, 0.2) is 69.1 Å². The molecular weight excluding hydrogens is 402 g/mol. The molecule has 0 amide bonds. The minimum atomic E-state index is -3.62. The first kappa shape index (κ1) is 21.7. The zero-order chi connectivity index (χ0) is 22.1. The normalized spacial score (nSPS) is 13.0. The van der Waals surface area contributed by atoms with Crippen molar-refractivity contribution in [3.8, 4) is 0 Å². The molecule has 0 aromatic heterocycles. The lowest BCUT2D eigenvalue weighted by Crippen LogP contribution is -2.38. The SMILES string of the molecule is CC(C)C(Nc1c(Nc2cccc(S(=O)(=O)N(C)C)c2)c(=O)c1=O)c1ccccc1. The van der Waals surface area contributed by atoms with Crippen LogP contribution < -0.4 is 21.5 Å². The summed E-state index contributed by atoms with van der Waals surface area (Å²) >= 11 is 0.